The zero-order chi connectivity index (χ0) is 22.4. The maximum Gasteiger partial charge on any atom is 0.280 e. The molecule has 170 valence electrons. The van der Waals surface area contributed by atoms with E-state index in [-0.39, 0.29) is 43.3 Å². The highest BCUT2D eigenvalue weighted by atomic mass is 19.3. The number of nitrogens with zero attached hydrogens (tertiary/aromatic N) is 4. The average Bonchev–Trinajstić information content (AvgIpc) is 3.22. The molecule has 2 heterocycles. The molecular formula is C18H21F6N7. The van der Waals surface area contributed by atoms with E-state index in [0.717, 1.165) is 12.3 Å². The predicted molar refractivity (Wildman–Crippen MR) is 99.0 cm³/mol. The van der Waals surface area contributed by atoms with E-state index in [2.05, 4.69) is 30.6 Å². The third kappa shape index (κ3) is 4.75. The molecule has 0 bridgehead atoms. The maximum absolute atomic E-state index is 13.8. The first-order chi connectivity index (χ1) is 14.4. The highest BCUT2D eigenvalue weighted by Gasteiger charge is 2.50. The fourth-order valence-corrected chi connectivity index (χ4v) is 4.09. The van der Waals surface area contributed by atoms with Gasteiger partial charge in [-0.25, -0.2) is 46.3 Å². The average molecular weight is 449 g/mol. The molecule has 0 spiro atoms. The van der Waals surface area contributed by atoms with Crippen LogP contribution in [0, 0.1) is 5.92 Å². The first-order valence-corrected chi connectivity index (χ1v) is 9.84. The Morgan fingerprint density at radius 2 is 1.81 bits per heavy atom. The summed E-state index contributed by atoms with van der Waals surface area (Å²) in [4.78, 5) is 16.1. The summed E-state index contributed by atoms with van der Waals surface area (Å²) >= 11 is 0. The number of nitrogens with two attached hydrogens (primary N) is 1. The minimum atomic E-state index is -2.92. The number of amidine groups is 1. The van der Waals surface area contributed by atoms with E-state index in [0.29, 0.717) is 0 Å². The Morgan fingerprint density at radius 1 is 1.10 bits per heavy atom. The van der Waals surface area contributed by atoms with Gasteiger partial charge in [0.05, 0.1) is 6.04 Å². The molecule has 0 saturated heterocycles. The standard InChI is InChI=1S/C18H21F6N7/c19-12(20)11-3-6-26-13(28-11)14-29-15(27-10-2-5-17(23,24)8-10)31-18(25,30-14)9-1-4-16(21,22)7-9/h3,6,9-10,12H,1-2,4-5,7-8,25H2,(H2,27,29,30,31). The van der Waals surface area contributed by atoms with Crippen molar-refractivity contribution in [3.63, 3.8) is 0 Å². The van der Waals surface area contributed by atoms with Gasteiger partial charge in [0.1, 0.15) is 5.69 Å². The molecule has 2 saturated carbocycles. The van der Waals surface area contributed by atoms with Crippen LogP contribution in [0.25, 0.3) is 0 Å². The number of hydrogen-bond acceptors (Lipinski definition) is 5. The number of halogens is 6. The van der Waals surface area contributed by atoms with E-state index in [1.54, 1.807) is 0 Å². The first kappa shape index (κ1) is 21.8. The number of nitrogens with one attached hydrogen (secondary N) is 2. The molecule has 7 nitrogen and oxygen atoms in total. The lowest BCUT2D eigenvalue weighted by Gasteiger charge is -2.38. The van der Waals surface area contributed by atoms with E-state index in [1.807, 2.05) is 0 Å². The summed E-state index contributed by atoms with van der Waals surface area (Å²) in [5, 5.41) is 5.44. The molecule has 13 heteroatoms. The van der Waals surface area contributed by atoms with Crippen molar-refractivity contribution in [3.8, 4) is 0 Å². The summed E-state index contributed by atoms with van der Waals surface area (Å²) in [7, 11) is 0. The van der Waals surface area contributed by atoms with Crippen molar-refractivity contribution in [1.82, 2.24) is 20.6 Å². The number of guanidine groups is 1. The van der Waals surface area contributed by atoms with Gasteiger partial charge in [-0.2, -0.15) is 0 Å². The van der Waals surface area contributed by atoms with Gasteiger partial charge < -0.3 is 10.6 Å². The minimum Gasteiger partial charge on any atom is -0.319 e. The summed E-state index contributed by atoms with van der Waals surface area (Å²) in [6.45, 7) is 0. The first-order valence-electron chi connectivity index (χ1n) is 9.84. The molecule has 2 fully saturated rings. The summed E-state index contributed by atoms with van der Waals surface area (Å²) < 4.78 is 80.9. The highest BCUT2D eigenvalue weighted by molar-refractivity contribution is 6.08. The normalized spacial score (nSPS) is 33.3. The van der Waals surface area contributed by atoms with Gasteiger partial charge in [0.25, 0.3) is 6.43 Å². The second kappa shape index (κ2) is 7.61. The quantitative estimate of drug-likeness (QED) is 0.614. The minimum absolute atomic E-state index is 0.0555. The lowest BCUT2D eigenvalue weighted by atomic mass is 9.98. The monoisotopic (exact) mass is 449 g/mol. The van der Waals surface area contributed by atoms with Crippen LogP contribution in [0.1, 0.15) is 56.5 Å². The fraction of sp³-hybridized carbons (Fsp3) is 0.667. The Bertz CT molecular complexity index is 905. The van der Waals surface area contributed by atoms with Crippen LogP contribution in [-0.4, -0.2) is 45.4 Å². The van der Waals surface area contributed by atoms with E-state index >= 15 is 0 Å². The van der Waals surface area contributed by atoms with Crippen LogP contribution < -0.4 is 16.4 Å². The van der Waals surface area contributed by atoms with Gasteiger partial charge in [0.2, 0.25) is 11.8 Å². The lowest BCUT2D eigenvalue weighted by Crippen LogP contribution is -2.66. The molecule has 1 aromatic rings. The fourth-order valence-electron chi connectivity index (χ4n) is 4.09. The van der Waals surface area contributed by atoms with Gasteiger partial charge in [0.15, 0.2) is 23.4 Å². The van der Waals surface area contributed by atoms with E-state index < -0.39 is 54.6 Å². The molecule has 3 atom stereocenters. The van der Waals surface area contributed by atoms with Crippen LogP contribution in [0.3, 0.4) is 0 Å². The summed E-state index contributed by atoms with van der Waals surface area (Å²) in [6.07, 6.45) is -3.29. The van der Waals surface area contributed by atoms with Crippen LogP contribution in [-0.2, 0) is 0 Å². The van der Waals surface area contributed by atoms with Crippen LogP contribution in [0.5, 0.6) is 0 Å². The van der Waals surface area contributed by atoms with Gasteiger partial charge >= 0.3 is 0 Å². The molecule has 4 N–H and O–H groups in total. The molecule has 2 aliphatic carbocycles. The lowest BCUT2D eigenvalue weighted by molar-refractivity contribution is 0.000227. The molecule has 0 radical (unpaired) electrons. The van der Waals surface area contributed by atoms with Crippen LogP contribution in [0.2, 0.25) is 0 Å². The molecule has 4 rings (SSSR count). The Balaban J connectivity index is 1.68. The number of alkyl halides is 6. The smallest absolute Gasteiger partial charge is 0.280 e. The molecular weight excluding hydrogens is 428 g/mol. The number of aromatic nitrogens is 2. The second-order valence-corrected chi connectivity index (χ2v) is 8.17. The molecule has 0 aromatic carbocycles. The number of aliphatic imine (C=N–C) groups is 2. The highest BCUT2D eigenvalue weighted by Crippen LogP contribution is 2.43. The number of rotatable bonds is 4. The summed E-state index contributed by atoms with van der Waals surface area (Å²) in [5.41, 5.74) is 5.77. The third-order valence-electron chi connectivity index (χ3n) is 5.68. The predicted octanol–water partition coefficient (Wildman–Crippen LogP) is 2.95. The molecule has 1 aromatic heterocycles. The van der Waals surface area contributed by atoms with Crippen LogP contribution in [0.15, 0.2) is 22.2 Å². The van der Waals surface area contributed by atoms with Crippen molar-refractivity contribution in [3.05, 3.63) is 23.8 Å². The van der Waals surface area contributed by atoms with Crippen LogP contribution in [0.4, 0.5) is 26.3 Å². The van der Waals surface area contributed by atoms with E-state index in [9.17, 15) is 26.3 Å². The largest absolute Gasteiger partial charge is 0.319 e. The summed E-state index contributed by atoms with van der Waals surface area (Å²) in [5.74, 6) is -8.78. The molecule has 31 heavy (non-hydrogen) atoms. The van der Waals surface area contributed by atoms with E-state index in [4.69, 9.17) is 5.73 Å². The zero-order valence-electron chi connectivity index (χ0n) is 16.3. The topological polar surface area (TPSA) is 101 Å². The Morgan fingerprint density at radius 3 is 2.42 bits per heavy atom. The van der Waals surface area contributed by atoms with Crippen molar-refractivity contribution in [2.75, 3.05) is 0 Å². The molecule has 1 aliphatic heterocycles. The van der Waals surface area contributed by atoms with Gasteiger partial charge in [-0.1, -0.05) is 0 Å². The maximum atomic E-state index is 13.8. The second-order valence-electron chi connectivity index (χ2n) is 8.17. The Kier molecular flexibility index (Phi) is 5.34. The molecule has 3 aliphatic rings. The Hall–Kier alpha value is -2.44. The molecule has 3 unspecified atom stereocenters. The van der Waals surface area contributed by atoms with Crippen molar-refractivity contribution in [1.29, 1.82) is 0 Å². The van der Waals surface area contributed by atoms with E-state index in [1.165, 1.54) is 0 Å². The van der Waals surface area contributed by atoms with Gasteiger partial charge in [-0.05, 0) is 18.9 Å². The van der Waals surface area contributed by atoms with Crippen LogP contribution >= 0.6 is 0 Å². The van der Waals surface area contributed by atoms with Gasteiger partial charge in [0, 0.05) is 37.8 Å². The van der Waals surface area contributed by atoms with Crippen molar-refractivity contribution >= 4 is 11.8 Å². The third-order valence-corrected chi connectivity index (χ3v) is 5.68. The van der Waals surface area contributed by atoms with Crippen molar-refractivity contribution in [2.45, 2.75) is 68.6 Å². The molecule has 0 amide bonds. The Labute approximate surface area is 173 Å². The van der Waals surface area contributed by atoms with Crippen molar-refractivity contribution in [2.24, 2.45) is 21.6 Å². The van der Waals surface area contributed by atoms with Crippen molar-refractivity contribution < 1.29 is 26.3 Å². The van der Waals surface area contributed by atoms with Gasteiger partial charge in [-0.3, -0.25) is 5.73 Å². The summed E-state index contributed by atoms with van der Waals surface area (Å²) in [6, 6.07) is 0.297. The SMILES string of the molecule is NC1(C2CCC(F)(F)C2)N=C(c2nccc(C(F)F)n2)NC(=NC2CCC(F)(F)C2)N1. The zero-order valence-corrected chi connectivity index (χ0v) is 16.3. The number of hydrogen-bond donors (Lipinski definition) is 3. The van der Waals surface area contributed by atoms with Gasteiger partial charge in [-0.15, -0.1) is 0 Å².